The lowest BCUT2D eigenvalue weighted by Crippen LogP contribution is -2.23. The highest BCUT2D eigenvalue weighted by atomic mass is 35.5. The van der Waals surface area contributed by atoms with Crippen molar-refractivity contribution in [1.82, 2.24) is 9.55 Å². The molecule has 0 aliphatic heterocycles. The minimum Gasteiger partial charge on any atom is -0.452 e. The fourth-order valence-electron chi connectivity index (χ4n) is 2.56. The third-order valence-corrected chi connectivity index (χ3v) is 4.23. The van der Waals surface area contributed by atoms with Crippen molar-refractivity contribution >= 4 is 46.0 Å². The van der Waals surface area contributed by atoms with Crippen LogP contribution in [-0.4, -0.2) is 33.0 Å². The van der Waals surface area contributed by atoms with Gasteiger partial charge < -0.3 is 19.0 Å². The molecule has 150 valence electrons. The van der Waals surface area contributed by atoms with Crippen LogP contribution >= 0.6 is 11.6 Å². The Kier molecular flexibility index (Phi) is 5.33. The van der Waals surface area contributed by atoms with Crippen LogP contribution in [0.15, 0.2) is 33.7 Å². The van der Waals surface area contributed by atoms with Gasteiger partial charge in [0, 0.05) is 18.8 Å². The number of carbonyl (C=O) groups is 2. The van der Waals surface area contributed by atoms with Gasteiger partial charge in [-0.1, -0.05) is 11.6 Å². The van der Waals surface area contributed by atoms with E-state index >= 15 is 0 Å². The maximum Gasteiger partial charge on any atom is 0.343 e. The van der Waals surface area contributed by atoms with Gasteiger partial charge in [-0.25, -0.2) is 9.78 Å². The molecule has 3 aromatic rings. The van der Waals surface area contributed by atoms with Gasteiger partial charge in [0.1, 0.15) is 28.1 Å². The van der Waals surface area contributed by atoms with E-state index in [1.807, 2.05) is 0 Å². The maximum atomic E-state index is 12.4. The Morgan fingerprint density at radius 1 is 1.41 bits per heavy atom. The van der Waals surface area contributed by atoms with Crippen molar-refractivity contribution in [3.8, 4) is 0 Å². The molecule has 0 bridgehead atoms. The molecule has 0 saturated heterocycles. The summed E-state index contributed by atoms with van der Waals surface area (Å²) in [5.74, 6) is -1.57. The zero-order valence-corrected chi connectivity index (χ0v) is 15.8. The first-order valence-corrected chi connectivity index (χ1v) is 8.42. The highest BCUT2D eigenvalue weighted by molar-refractivity contribution is 6.32. The van der Waals surface area contributed by atoms with E-state index < -0.39 is 29.0 Å². The summed E-state index contributed by atoms with van der Waals surface area (Å²) >= 11 is 5.71. The van der Waals surface area contributed by atoms with E-state index in [1.54, 1.807) is 0 Å². The Labute approximate surface area is 167 Å². The molecule has 3 rings (SSSR count). The summed E-state index contributed by atoms with van der Waals surface area (Å²) in [6, 6.07) is 3.69. The lowest BCUT2D eigenvalue weighted by molar-refractivity contribution is -0.384. The number of fused-ring (bicyclic) bond motifs is 1. The predicted octanol–water partition coefficient (Wildman–Crippen LogP) is 2.19. The van der Waals surface area contributed by atoms with Crippen LogP contribution in [0.4, 0.5) is 11.4 Å². The molecule has 1 N–H and O–H groups in total. The first kappa shape index (κ1) is 20.0. The highest BCUT2D eigenvalue weighted by Gasteiger charge is 2.24. The fraction of sp³-hybridized carbons (Fsp3) is 0.176. The second-order valence-corrected chi connectivity index (χ2v) is 6.33. The molecule has 0 unspecified atom stereocenters. The fourth-order valence-corrected chi connectivity index (χ4v) is 2.75. The molecule has 12 heteroatoms. The first-order chi connectivity index (χ1) is 13.7. The minimum atomic E-state index is -0.941. The molecule has 0 radical (unpaired) electrons. The zero-order valence-electron chi connectivity index (χ0n) is 15.1. The second-order valence-electron chi connectivity index (χ2n) is 5.92. The molecule has 11 nitrogen and oxygen atoms in total. The number of nitro benzene ring substituents is 1. The van der Waals surface area contributed by atoms with E-state index in [1.165, 1.54) is 37.0 Å². The number of hydrogen-bond donors (Lipinski definition) is 1. The van der Waals surface area contributed by atoms with E-state index in [-0.39, 0.29) is 38.8 Å². The third-order valence-electron chi connectivity index (χ3n) is 3.91. The van der Waals surface area contributed by atoms with Gasteiger partial charge in [-0.3, -0.25) is 19.7 Å². The summed E-state index contributed by atoms with van der Waals surface area (Å²) in [7, 11) is 1.46. The number of carbonyl (C=O) groups excluding carboxylic acids is 2. The number of ether oxygens (including phenoxy) is 1. The zero-order chi connectivity index (χ0) is 21.3. The molecule has 2 heterocycles. The van der Waals surface area contributed by atoms with Crippen LogP contribution in [0.1, 0.15) is 16.1 Å². The van der Waals surface area contributed by atoms with E-state index in [4.69, 9.17) is 20.8 Å². The smallest absolute Gasteiger partial charge is 0.343 e. The Hall–Kier alpha value is -3.73. The minimum absolute atomic E-state index is 0.0181. The number of amides is 1. The largest absolute Gasteiger partial charge is 0.452 e. The number of furan rings is 1. The molecular formula is C17H13ClN4O7. The Balaban J connectivity index is 1.74. The summed E-state index contributed by atoms with van der Waals surface area (Å²) in [6.45, 7) is 0.770. The standard InChI is InChI=1S/C17H13ClN4O7/c1-8-13(14-15(29-8)19-7-21(2)16(14)24)17(25)28-6-12(23)20-9-3-4-10(18)11(5-9)22(26)27/h3-5,7H,6H2,1-2H3,(H,20,23). The van der Waals surface area contributed by atoms with Crippen molar-refractivity contribution in [2.75, 3.05) is 11.9 Å². The average molecular weight is 421 g/mol. The van der Waals surface area contributed by atoms with Gasteiger partial charge in [-0.05, 0) is 19.1 Å². The van der Waals surface area contributed by atoms with Crippen molar-refractivity contribution in [2.24, 2.45) is 7.05 Å². The average Bonchev–Trinajstić information content (AvgIpc) is 3.01. The molecule has 0 atom stereocenters. The van der Waals surface area contributed by atoms with Gasteiger partial charge >= 0.3 is 5.97 Å². The van der Waals surface area contributed by atoms with Crippen LogP contribution in [0.3, 0.4) is 0 Å². The summed E-state index contributed by atoms with van der Waals surface area (Å²) in [4.78, 5) is 50.8. The third kappa shape index (κ3) is 3.94. The van der Waals surface area contributed by atoms with Gasteiger partial charge in [-0.2, -0.15) is 0 Å². The number of aromatic nitrogens is 2. The molecule has 0 spiro atoms. The SMILES string of the molecule is Cc1oc2ncn(C)c(=O)c2c1C(=O)OCC(=O)Nc1ccc(Cl)c([N+](=O)[O-])c1. The van der Waals surface area contributed by atoms with Crippen molar-refractivity contribution in [3.05, 3.63) is 61.3 Å². The topological polar surface area (TPSA) is 147 Å². The Bertz CT molecular complexity index is 1210. The van der Waals surface area contributed by atoms with Crippen LogP contribution in [0.5, 0.6) is 0 Å². The molecule has 0 aliphatic carbocycles. The molecule has 29 heavy (non-hydrogen) atoms. The van der Waals surface area contributed by atoms with E-state index in [0.29, 0.717) is 0 Å². The monoisotopic (exact) mass is 420 g/mol. The first-order valence-electron chi connectivity index (χ1n) is 8.04. The van der Waals surface area contributed by atoms with Crippen LogP contribution < -0.4 is 10.9 Å². The van der Waals surface area contributed by atoms with Crippen LogP contribution in [-0.2, 0) is 16.6 Å². The molecule has 0 saturated carbocycles. The van der Waals surface area contributed by atoms with Crippen LogP contribution in [0.2, 0.25) is 5.02 Å². The highest BCUT2D eigenvalue weighted by Crippen LogP contribution is 2.27. The molecule has 0 fully saturated rings. The maximum absolute atomic E-state index is 12.4. The van der Waals surface area contributed by atoms with Crippen molar-refractivity contribution in [1.29, 1.82) is 0 Å². The normalized spacial score (nSPS) is 10.7. The number of rotatable bonds is 5. The number of hydrogen-bond acceptors (Lipinski definition) is 8. The molecule has 0 aliphatic rings. The second kappa shape index (κ2) is 7.72. The number of anilines is 1. The van der Waals surface area contributed by atoms with Crippen molar-refractivity contribution in [3.63, 3.8) is 0 Å². The van der Waals surface area contributed by atoms with Gasteiger partial charge in [0.05, 0.1) is 4.92 Å². The molecule has 1 aromatic carbocycles. The van der Waals surface area contributed by atoms with Gasteiger partial charge in [0.2, 0.25) is 5.71 Å². The van der Waals surface area contributed by atoms with Gasteiger partial charge in [0.15, 0.2) is 6.61 Å². The number of nitrogens with zero attached hydrogens (tertiary/aromatic N) is 3. The predicted molar refractivity (Wildman–Crippen MR) is 101 cm³/mol. The number of aryl methyl sites for hydroxylation is 2. The number of nitrogens with one attached hydrogen (secondary N) is 1. The van der Waals surface area contributed by atoms with E-state index in [2.05, 4.69) is 10.3 Å². The number of halogens is 1. The number of nitro groups is 1. The number of esters is 1. The molecule has 2 aromatic heterocycles. The lowest BCUT2D eigenvalue weighted by Gasteiger charge is -2.07. The summed E-state index contributed by atoms with van der Waals surface area (Å²) in [5, 5.41) is 13.1. The van der Waals surface area contributed by atoms with Crippen LogP contribution in [0, 0.1) is 17.0 Å². The Morgan fingerprint density at radius 3 is 2.83 bits per heavy atom. The van der Waals surface area contributed by atoms with Crippen molar-refractivity contribution in [2.45, 2.75) is 6.92 Å². The quantitative estimate of drug-likeness (QED) is 0.375. The number of benzene rings is 1. The summed E-state index contributed by atoms with van der Waals surface area (Å²) in [5.41, 5.74) is -0.925. The molecule has 1 amide bonds. The van der Waals surface area contributed by atoms with E-state index in [0.717, 1.165) is 6.07 Å². The van der Waals surface area contributed by atoms with Crippen LogP contribution in [0.25, 0.3) is 11.1 Å². The van der Waals surface area contributed by atoms with E-state index in [9.17, 15) is 24.5 Å². The van der Waals surface area contributed by atoms with Gasteiger partial charge in [0.25, 0.3) is 17.2 Å². The van der Waals surface area contributed by atoms with Gasteiger partial charge in [-0.15, -0.1) is 0 Å². The summed E-state index contributed by atoms with van der Waals surface area (Å²) in [6.07, 6.45) is 1.25. The lowest BCUT2D eigenvalue weighted by atomic mass is 10.2. The molecular weight excluding hydrogens is 408 g/mol. The Morgan fingerprint density at radius 2 is 2.14 bits per heavy atom. The summed E-state index contributed by atoms with van der Waals surface area (Å²) < 4.78 is 11.4. The van der Waals surface area contributed by atoms with Crippen molar-refractivity contribution < 1.29 is 23.7 Å².